The molecule has 1 N–H and O–H groups in total. The maximum atomic E-state index is 11.3. The zero-order chi connectivity index (χ0) is 11.6. The van der Waals surface area contributed by atoms with Gasteiger partial charge in [-0.25, -0.2) is 8.42 Å². The first-order valence-electron chi connectivity index (χ1n) is 5.20. The zero-order valence-electron chi connectivity index (χ0n) is 9.14. The Morgan fingerprint density at radius 2 is 2.25 bits per heavy atom. The van der Waals surface area contributed by atoms with Gasteiger partial charge in [0.1, 0.15) is 5.75 Å². The monoisotopic (exact) mass is 241 g/mol. The smallest absolute Gasteiger partial charge is 0.152 e. The van der Waals surface area contributed by atoms with Gasteiger partial charge in [-0.3, -0.25) is 0 Å². The topological polar surface area (TPSA) is 55.4 Å². The summed E-state index contributed by atoms with van der Waals surface area (Å²) in [6.07, 6.45) is 0.680. The van der Waals surface area contributed by atoms with Gasteiger partial charge in [0.25, 0.3) is 0 Å². The molecular weight excluding hydrogens is 226 g/mol. The fourth-order valence-electron chi connectivity index (χ4n) is 1.86. The zero-order valence-corrected chi connectivity index (χ0v) is 9.96. The van der Waals surface area contributed by atoms with Crippen molar-refractivity contribution in [3.05, 3.63) is 24.3 Å². The Labute approximate surface area is 95.5 Å². The Kier molecular flexibility index (Phi) is 3.05. The summed E-state index contributed by atoms with van der Waals surface area (Å²) in [6.45, 7) is 0. The molecule has 1 unspecified atom stereocenters. The van der Waals surface area contributed by atoms with Crippen molar-refractivity contribution in [2.45, 2.75) is 12.5 Å². The highest BCUT2D eigenvalue weighted by Crippen LogP contribution is 2.21. The highest BCUT2D eigenvalue weighted by molar-refractivity contribution is 7.91. The number of nitrogens with one attached hydrogen (secondary N) is 1. The molecule has 1 atom stereocenters. The molecule has 1 aromatic rings. The molecule has 0 aliphatic carbocycles. The Hall–Kier alpha value is -1.23. The van der Waals surface area contributed by atoms with Crippen molar-refractivity contribution in [1.82, 2.24) is 0 Å². The number of ether oxygens (including phenoxy) is 1. The van der Waals surface area contributed by atoms with Gasteiger partial charge in [-0.2, -0.15) is 0 Å². The van der Waals surface area contributed by atoms with Gasteiger partial charge < -0.3 is 10.1 Å². The first-order chi connectivity index (χ1) is 7.59. The number of hydrogen-bond acceptors (Lipinski definition) is 4. The van der Waals surface area contributed by atoms with Crippen molar-refractivity contribution in [1.29, 1.82) is 0 Å². The maximum Gasteiger partial charge on any atom is 0.152 e. The lowest BCUT2D eigenvalue weighted by Crippen LogP contribution is -2.20. The molecule has 4 nitrogen and oxygen atoms in total. The predicted molar refractivity (Wildman–Crippen MR) is 63.7 cm³/mol. The second-order valence-electron chi connectivity index (χ2n) is 3.98. The highest BCUT2D eigenvalue weighted by atomic mass is 32.2. The predicted octanol–water partition coefficient (Wildman–Crippen LogP) is 1.29. The summed E-state index contributed by atoms with van der Waals surface area (Å²) in [6, 6.07) is 7.54. The molecule has 1 aromatic carbocycles. The Morgan fingerprint density at radius 3 is 2.88 bits per heavy atom. The third kappa shape index (κ3) is 2.66. The fourth-order valence-corrected chi connectivity index (χ4v) is 3.53. The van der Waals surface area contributed by atoms with E-state index in [0.717, 1.165) is 11.4 Å². The van der Waals surface area contributed by atoms with E-state index in [1.54, 1.807) is 7.11 Å². The van der Waals surface area contributed by atoms with E-state index < -0.39 is 9.84 Å². The molecule has 1 aliphatic heterocycles. The second kappa shape index (κ2) is 4.33. The molecule has 2 rings (SSSR count). The molecule has 0 radical (unpaired) electrons. The van der Waals surface area contributed by atoms with Crippen LogP contribution in [0.3, 0.4) is 0 Å². The molecule has 0 aromatic heterocycles. The van der Waals surface area contributed by atoms with Gasteiger partial charge in [-0.05, 0) is 18.6 Å². The summed E-state index contributed by atoms with van der Waals surface area (Å²) in [4.78, 5) is 0. The lowest BCUT2D eigenvalue weighted by Gasteiger charge is -2.12. The molecule has 88 valence electrons. The van der Waals surface area contributed by atoms with Crippen molar-refractivity contribution < 1.29 is 13.2 Å². The molecule has 1 heterocycles. The van der Waals surface area contributed by atoms with E-state index in [9.17, 15) is 8.42 Å². The number of sulfone groups is 1. The van der Waals surface area contributed by atoms with Crippen LogP contribution in [0.15, 0.2) is 24.3 Å². The van der Waals surface area contributed by atoms with Gasteiger partial charge in [0, 0.05) is 17.8 Å². The molecule has 0 bridgehead atoms. The quantitative estimate of drug-likeness (QED) is 0.866. The largest absolute Gasteiger partial charge is 0.497 e. The molecule has 0 saturated carbocycles. The summed E-state index contributed by atoms with van der Waals surface area (Å²) < 4.78 is 27.7. The number of hydrogen-bond donors (Lipinski definition) is 1. The molecular formula is C11H15NO3S. The van der Waals surface area contributed by atoms with Gasteiger partial charge in [0.05, 0.1) is 18.6 Å². The van der Waals surface area contributed by atoms with E-state index in [2.05, 4.69) is 5.32 Å². The van der Waals surface area contributed by atoms with E-state index in [-0.39, 0.29) is 17.5 Å². The van der Waals surface area contributed by atoms with Crippen LogP contribution in [0.2, 0.25) is 0 Å². The van der Waals surface area contributed by atoms with Crippen molar-refractivity contribution in [3.8, 4) is 5.75 Å². The van der Waals surface area contributed by atoms with Crippen LogP contribution in [0.1, 0.15) is 6.42 Å². The van der Waals surface area contributed by atoms with Gasteiger partial charge in [0.15, 0.2) is 9.84 Å². The normalized spacial score (nSPS) is 22.9. The Bertz CT molecular complexity index is 470. The second-order valence-corrected chi connectivity index (χ2v) is 6.20. The summed E-state index contributed by atoms with van der Waals surface area (Å²) in [5, 5.41) is 3.21. The minimum Gasteiger partial charge on any atom is -0.497 e. The van der Waals surface area contributed by atoms with Crippen LogP contribution in [0, 0.1) is 0 Å². The van der Waals surface area contributed by atoms with E-state index in [1.807, 2.05) is 24.3 Å². The van der Waals surface area contributed by atoms with E-state index in [4.69, 9.17) is 4.74 Å². The summed E-state index contributed by atoms with van der Waals surface area (Å²) in [5.41, 5.74) is 0.904. The van der Waals surface area contributed by atoms with Gasteiger partial charge in [-0.15, -0.1) is 0 Å². The van der Waals surface area contributed by atoms with Gasteiger partial charge >= 0.3 is 0 Å². The number of methoxy groups -OCH3 is 1. The molecule has 16 heavy (non-hydrogen) atoms. The Morgan fingerprint density at radius 1 is 1.44 bits per heavy atom. The van der Waals surface area contributed by atoms with Gasteiger partial charge in [0.2, 0.25) is 0 Å². The standard InChI is InChI=1S/C11H15NO3S/c1-15-11-4-2-3-9(7-11)12-10-5-6-16(13,14)8-10/h2-4,7,10,12H,5-6,8H2,1H3. The van der Waals surface area contributed by atoms with Crippen molar-refractivity contribution >= 4 is 15.5 Å². The average Bonchev–Trinajstić information content (AvgIpc) is 2.58. The van der Waals surface area contributed by atoms with Crippen LogP contribution in [-0.2, 0) is 9.84 Å². The van der Waals surface area contributed by atoms with E-state index in [0.29, 0.717) is 6.42 Å². The number of rotatable bonds is 3. The van der Waals surface area contributed by atoms with Crippen molar-refractivity contribution in [2.24, 2.45) is 0 Å². The van der Waals surface area contributed by atoms with Crippen molar-refractivity contribution in [3.63, 3.8) is 0 Å². The molecule has 0 spiro atoms. The summed E-state index contributed by atoms with van der Waals surface area (Å²) in [7, 11) is -1.21. The van der Waals surface area contributed by atoms with E-state index >= 15 is 0 Å². The van der Waals surface area contributed by atoms with Crippen LogP contribution in [0.25, 0.3) is 0 Å². The molecule has 0 amide bonds. The van der Waals surface area contributed by atoms with Gasteiger partial charge in [-0.1, -0.05) is 6.07 Å². The molecule has 5 heteroatoms. The third-order valence-corrected chi connectivity index (χ3v) is 4.44. The molecule has 1 saturated heterocycles. The lowest BCUT2D eigenvalue weighted by atomic mass is 10.2. The Balaban J connectivity index is 2.04. The van der Waals surface area contributed by atoms with E-state index in [1.165, 1.54) is 0 Å². The number of anilines is 1. The SMILES string of the molecule is COc1cccc(NC2CCS(=O)(=O)C2)c1. The molecule has 1 aliphatic rings. The van der Waals surface area contributed by atoms with Crippen LogP contribution in [0.4, 0.5) is 5.69 Å². The minimum absolute atomic E-state index is 0.0251. The highest BCUT2D eigenvalue weighted by Gasteiger charge is 2.27. The average molecular weight is 241 g/mol. The third-order valence-electron chi connectivity index (χ3n) is 2.67. The van der Waals surface area contributed by atoms with Crippen molar-refractivity contribution in [2.75, 3.05) is 23.9 Å². The first kappa shape index (κ1) is 11.3. The first-order valence-corrected chi connectivity index (χ1v) is 7.02. The fraction of sp³-hybridized carbons (Fsp3) is 0.455. The summed E-state index contributed by atoms with van der Waals surface area (Å²) in [5.74, 6) is 1.28. The van der Waals surface area contributed by atoms with Crippen LogP contribution in [0.5, 0.6) is 5.75 Å². The number of benzene rings is 1. The minimum atomic E-state index is -2.83. The van der Waals surface area contributed by atoms with Crippen LogP contribution >= 0.6 is 0 Å². The van der Waals surface area contributed by atoms with Crippen LogP contribution in [-0.4, -0.2) is 33.1 Å². The lowest BCUT2D eigenvalue weighted by molar-refractivity contribution is 0.415. The maximum absolute atomic E-state index is 11.3. The molecule has 1 fully saturated rings. The van der Waals surface area contributed by atoms with Crippen LogP contribution < -0.4 is 10.1 Å². The summed E-state index contributed by atoms with van der Waals surface area (Å²) >= 11 is 0.